The Labute approximate surface area is 244 Å². The first-order valence-corrected chi connectivity index (χ1v) is 13.3. The van der Waals surface area contributed by atoms with Crippen molar-refractivity contribution < 1.29 is 18.7 Å². The topological polar surface area (TPSA) is 123 Å². The molecule has 0 saturated carbocycles. The lowest BCUT2D eigenvalue weighted by molar-refractivity contribution is -0.129. The maximum atomic E-state index is 15.4. The van der Waals surface area contributed by atoms with E-state index in [2.05, 4.69) is 36.8 Å². The minimum atomic E-state index is -0.717. The fourth-order valence-electron chi connectivity index (χ4n) is 4.82. The van der Waals surface area contributed by atoms with E-state index >= 15 is 4.39 Å². The molecule has 5 heterocycles. The van der Waals surface area contributed by atoms with E-state index in [1.165, 1.54) is 24.8 Å². The summed E-state index contributed by atoms with van der Waals surface area (Å²) in [5, 5.41) is 6.84. The number of benzene rings is 1. The number of hydrogen-bond donors (Lipinski definition) is 1. The molecule has 1 atom stereocenters. The van der Waals surface area contributed by atoms with Crippen molar-refractivity contribution in [3.63, 3.8) is 0 Å². The van der Waals surface area contributed by atoms with E-state index in [-0.39, 0.29) is 28.4 Å². The van der Waals surface area contributed by atoms with Crippen LogP contribution in [0.3, 0.4) is 0 Å². The number of carbonyl (C=O) groups is 1. The van der Waals surface area contributed by atoms with Gasteiger partial charge in [0, 0.05) is 39.0 Å². The molecule has 1 saturated heterocycles. The molecule has 1 unspecified atom stereocenters. The molecule has 12 nitrogen and oxygen atoms in total. The largest absolute Gasteiger partial charge is 0.455 e. The molecule has 1 aromatic carbocycles. The molecule has 1 aliphatic rings. The first-order chi connectivity index (χ1) is 20.4. The van der Waals surface area contributed by atoms with Gasteiger partial charge in [-0.2, -0.15) is 5.10 Å². The van der Waals surface area contributed by atoms with Crippen molar-refractivity contribution in [3.8, 4) is 11.5 Å². The van der Waals surface area contributed by atoms with E-state index in [9.17, 15) is 4.79 Å². The Hall–Kier alpha value is -4.88. The molecule has 5 aromatic rings. The number of fused-ring (bicyclic) bond motifs is 2. The van der Waals surface area contributed by atoms with E-state index in [1.54, 1.807) is 40.9 Å². The zero-order valence-electron chi connectivity index (χ0n) is 22.4. The van der Waals surface area contributed by atoms with E-state index in [4.69, 9.17) is 26.1 Å². The highest BCUT2D eigenvalue weighted by Gasteiger charge is 2.30. The molecule has 4 aromatic heterocycles. The van der Waals surface area contributed by atoms with Gasteiger partial charge < -0.3 is 24.6 Å². The fourth-order valence-corrected chi connectivity index (χ4v) is 5.03. The fraction of sp³-hybridized carbons (Fsp3) is 0.214. The molecule has 214 valence electrons. The number of ether oxygens (including phenoxy) is 2. The molecule has 6 rings (SSSR count). The second-order valence-electron chi connectivity index (χ2n) is 9.44. The van der Waals surface area contributed by atoms with Gasteiger partial charge in [-0.25, -0.2) is 28.8 Å². The summed E-state index contributed by atoms with van der Waals surface area (Å²) in [4.78, 5) is 33.7. The Morgan fingerprint density at radius 1 is 1.19 bits per heavy atom. The molecule has 1 N–H and O–H groups in total. The number of carbonyl (C=O) groups excluding carboxylic acids is 1. The number of nitrogens with zero attached hydrogens (tertiary/aromatic N) is 8. The van der Waals surface area contributed by atoms with Gasteiger partial charge in [-0.15, -0.1) is 0 Å². The number of rotatable bonds is 8. The summed E-state index contributed by atoms with van der Waals surface area (Å²) < 4.78 is 28.2. The minimum Gasteiger partial charge on any atom is -0.455 e. The average molecular weight is 590 g/mol. The number of pyridine rings is 2. The van der Waals surface area contributed by atoms with Crippen LogP contribution in [-0.4, -0.2) is 79.7 Å². The lowest BCUT2D eigenvalue weighted by atomic mass is 10.1. The molecule has 0 aliphatic carbocycles. The Bertz CT molecular complexity index is 1800. The van der Waals surface area contributed by atoms with Gasteiger partial charge in [-0.1, -0.05) is 18.2 Å². The van der Waals surface area contributed by atoms with Crippen LogP contribution >= 0.6 is 11.6 Å². The SMILES string of the molecule is C=CC(=O)N1CCN(c2ccc3ncnc(Nc4ccc(Oc5ccn6ncnc6c5)c(Cl)c4F)c3n2)CC1COC. The molecular weight excluding hydrogens is 565 g/mol. The summed E-state index contributed by atoms with van der Waals surface area (Å²) >= 11 is 6.37. The molecule has 0 radical (unpaired) electrons. The Kier molecular flexibility index (Phi) is 7.50. The molecule has 0 bridgehead atoms. The number of anilines is 3. The van der Waals surface area contributed by atoms with E-state index in [0.29, 0.717) is 60.3 Å². The zero-order valence-corrected chi connectivity index (χ0v) is 23.2. The summed E-state index contributed by atoms with van der Waals surface area (Å²) in [7, 11) is 1.60. The predicted molar refractivity (Wildman–Crippen MR) is 155 cm³/mol. The highest BCUT2D eigenvalue weighted by Crippen LogP contribution is 2.36. The van der Waals surface area contributed by atoms with Crippen molar-refractivity contribution in [3.05, 3.63) is 78.7 Å². The Morgan fingerprint density at radius 3 is 2.90 bits per heavy atom. The van der Waals surface area contributed by atoms with Crippen LogP contribution < -0.4 is 15.0 Å². The molecule has 1 amide bonds. The third-order valence-electron chi connectivity index (χ3n) is 6.87. The van der Waals surface area contributed by atoms with Crippen LogP contribution in [-0.2, 0) is 9.53 Å². The van der Waals surface area contributed by atoms with Gasteiger partial charge in [0.25, 0.3) is 0 Å². The Balaban J connectivity index is 1.25. The van der Waals surface area contributed by atoms with Gasteiger partial charge in [-0.05, 0) is 36.4 Å². The summed E-state index contributed by atoms with van der Waals surface area (Å²) in [5.74, 6) is 0.674. The molecule has 1 aliphatic heterocycles. The van der Waals surface area contributed by atoms with Crippen molar-refractivity contribution in [1.82, 2.24) is 34.4 Å². The van der Waals surface area contributed by atoms with Crippen molar-refractivity contribution >= 4 is 51.5 Å². The first-order valence-electron chi connectivity index (χ1n) is 13.0. The standard InChI is InChI=1S/C28H25ClFN9O3/c1-3-24(40)38-11-10-37(13-17(38)14-41-2)22-7-5-20-27(36-22)28(33-15-31-20)35-19-4-6-21(25(29)26(19)30)42-18-8-9-39-23(12-18)32-16-34-39/h3-9,12,15-17H,1,10-11,13-14H2,2H3,(H,31,33,35). The highest BCUT2D eigenvalue weighted by atomic mass is 35.5. The van der Waals surface area contributed by atoms with Gasteiger partial charge in [0.2, 0.25) is 5.91 Å². The van der Waals surface area contributed by atoms with Gasteiger partial charge in [0.1, 0.15) is 40.5 Å². The number of methoxy groups -OCH3 is 1. The molecular formula is C28H25ClFN9O3. The third kappa shape index (κ3) is 5.27. The van der Waals surface area contributed by atoms with E-state index in [0.717, 1.165) is 0 Å². The summed E-state index contributed by atoms with van der Waals surface area (Å²) in [5.41, 5.74) is 1.68. The number of aromatic nitrogens is 6. The predicted octanol–water partition coefficient (Wildman–Crippen LogP) is 4.25. The van der Waals surface area contributed by atoms with E-state index in [1.807, 2.05) is 12.1 Å². The maximum Gasteiger partial charge on any atom is 0.246 e. The van der Waals surface area contributed by atoms with Crippen molar-refractivity contribution in [2.24, 2.45) is 0 Å². The average Bonchev–Trinajstić information content (AvgIpc) is 3.48. The van der Waals surface area contributed by atoms with Gasteiger partial charge >= 0.3 is 0 Å². The number of halogens is 2. The van der Waals surface area contributed by atoms with Crippen LogP contribution in [0.15, 0.2) is 67.9 Å². The Morgan fingerprint density at radius 2 is 2.07 bits per heavy atom. The van der Waals surface area contributed by atoms with Crippen LogP contribution in [0.5, 0.6) is 11.5 Å². The summed E-state index contributed by atoms with van der Waals surface area (Å²) in [6.45, 7) is 5.53. The lowest BCUT2D eigenvalue weighted by Gasteiger charge is -2.41. The second kappa shape index (κ2) is 11.5. The molecule has 0 spiro atoms. The smallest absolute Gasteiger partial charge is 0.246 e. The van der Waals surface area contributed by atoms with Crippen molar-refractivity contribution in [1.29, 1.82) is 0 Å². The maximum absolute atomic E-state index is 15.4. The van der Waals surface area contributed by atoms with Crippen LogP contribution in [0.25, 0.3) is 16.7 Å². The molecule has 14 heteroatoms. The highest BCUT2D eigenvalue weighted by molar-refractivity contribution is 6.32. The number of hydrogen-bond acceptors (Lipinski definition) is 10. The number of nitrogens with one attached hydrogen (secondary N) is 1. The number of piperazine rings is 1. The van der Waals surface area contributed by atoms with Gasteiger partial charge in [0.05, 0.1) is 23.9 Å². The molecule has 42 heavy (non-hydrogen) atoms. The van der Waals surface area contributed by atoms with Crippen LogP contribution in [0.4, 0.5) is 21.7 Å². The zero-order chi connectivity index (χ0) is 29.2. The monoisotopic (exact) mass is 589 g/mol. The van der Waals surface area contributed by atoms with Crippen molar-refractivity contribution in [2.75, 3.05) is 43.6 Å². The van der Waals surface area contributed by atoms with E-state index < -0.39 is 5.82 Å². The molecule has 1 fully saturated rings. The summed E-state index contributed by atoms with van der Waals surface area (Å²) in [6.07, 6.45) is 5.78. The lowest BCUT2D eigenvalue weighted by Crippen LogP contribution is -2.56. The van der Waals surface area contributed by atoms with Crippen LogP contribution in [0, 0.1) is 5.82 Å². The summed E-state index contributed by atoms with van der Waals surface area (Å²) in [6, 6.07) is 9.91. The third-order valence-corrected chi connectivity index (χ3v) is 7.22. The quantitative estimate of drug-likeness (QED) is 0.263. The normalized spacial score (nSPS) is 15.3. The van der Waals surface area contributed by atoms with Crippen LogP contribution in [0.2, 0.25) is 5.02 Å². The van der Waals surface area contributed by atoms with Gasteiger partial charge in [0.15, 0.2) is 17.3 Å². The minimum absolute atomic E-state index is 0.0872. The first kappa shape index (κ1) is 27.3. The van der Waals surface area contributed by atoms with Gasteiger partial charge in [-0.3, -0.25) is 4.79 Å². The number of amides is 1. The second-order valence-corrected chi connectivity index (χ2v) is 9.82. The van der Waals surface area contributed by atoms with Crippen LogP contribution in [0.1, 0.15) is 0 Å². The van der Waals surface area contributed by atoms with Crippen molar-refractivity contribution in [2.45, 2.75) is 6.04 Å².